The first kappa shape index (κ1) is 18.9. The van der Waals surface area contributed by atoms with E-state index in [4.69, 9.17) is 15.0 Å². The summed E-state index contributed by atoms with van der Waals surface area (Å²) in [4.78, 5) is 16.2. The fourth-order valence-electron chi connectivity index (χ4n) is 1.83. The Labute approximate surface area is 141 Å². The van der Waals surface area contributed by atoms with Crippen LogP contribution in [0.4, 0.5) is 0 Å². The second kappa shape index (κ2) is 9.12. The van der Waals surface area contributed by atoms with Gasteiger partial charge in [-0.05, 0) is 25.5 Å². The number of nitrogens with two attached hydrogens (primary N) is 1. The normalized spacial score (nSPS) is 11.4. The molecule has 0 saturated carbocycles. The maximum Gasteiger partial charge on any atom is 0.255 e. The van der Waals surface area contributed by atoms with Crippen molar-refractivity contribution >= 4 is 18.3 Å². The average Bonchev–Trinajstić information content (AvgIpc) is 2.90. The van der Waals surface area contributed by atoms with Crippen LogP contribution < -0.4 is 15.8 Å². The molecule has 0 radical (unpaired) electrons. The number of aryl methyl sites for hydroxylation is 1. The number of rotatable bonds is 7. The summed E-state index contributed by atoms with van der Waals surface area (Å²) in [6.45, 7) is 4.27. The summed E-state index contributed by atoms with van der Waals surface area (Å²) in [6.07, 6.45) is 0.719. The SMILES string of the molecule is Cc1nc(COc2ccccc2C(=O)NCCC(C)N)no1.Cl. The maximum absolute atomic E-state index is 12.2. The van der Waals surface area contributed by atoms with Crippen LogP contribution in [0.1, 0.15) is 35.4 Å². The van der Waals surface area contributed by atoms with Crippen molar-refractivity contribution in [1.29, 1.82) is 0 Å². The molecule has 3 N–H and O–H groups in total. The van der Waals surface area contributed by atoms with Crippen molar-refractivity contribution < 1.29 is 14.1 Å². The van der Waals surface area contributed by atoms with Crippen LogP contribution in [0.25, 0.3) is 0 Å². The Kier molecular flexibility index (Phi) is 7.50. The van der Waals surface area contributed by atoms with Crippen molar-refractivity contribution in [2.45, 2.75) is 32.9 Å². The lowest BCUT2D eigenvalue weighted by Gasteiger charge is -2.11. The van der Waals surface area contributed by atoms with Gasteiger partial charge in [-0.15, -0.1) is 12.4 Å². The highest BCUT2D eigenvalue weighted by Gasteiger charge is 2.13. The van der Waals surface area contributed by atoms with E-state index in [0.29, 0.717) is 29.6 Å². The predicted octanol–water partition coefficient (Wildman–Crippen LogP) is 1.85. The Bertz CT molecular complexity index is 631. The van der Waals surface area contributed by atoms with Crippen molar-refractivity contribution in [3.63, 3.8) is 0 Å². The molecule has 0 spiro atoms. The second-order valence-electron chi connectivity index (χ2n) is 5.04. The monoisotopic (exact) mass is 340 g/mol. The number of aromatic nitrogens is 2. The van der Waals surface area contributed by atoms with Gasteiger partial charge in [0.15, 0.2) is 6.61 Å². The quantitative estimate of drug-likeness (QED) is 0.797. The number of hydrogen-bond donors (Lipinski definition) is 2. The van der Waals surface area contributed by atoms with Crippen molar-refractivity contribution in [2.75, 3.05) is 6.54 Å². The number of benzene rings is 1. The van der Waals surface area contributed by atoms with E-state index in [2.05, 4.69) is 15.5 Å². The molecule has 0 bridgehead atoms. The molecule has 1 unspecified atom stereocenters. The van der Waals surface area contributed by atoms with Crippen LogP contribution in [0.2, 0.25) is 0 Å². The number of nitrogens with one attached hydrogen (secondary N) is 1. The molecule has 0 fully saturated rings. The Balaban J connectivity index is 0.00000264. The van der Waals surface area contributed by atoms with Gasteiger partial charge in [0, 0.05) is 19.5 Å². The van der Waals surface area contributed by atoms with E-state index < -0.39 is 0 Å². The molecule has 8 heteroatoms. The molecule has 0 aliphatic carbocycles. The molecule has 0 aliphatic heterocycles. The second-order valence-corrected chi connectivity index (χ2v) is 5.04. The molecule has 1 aromatic carbocycles. The maximum atomic E-state index is 12.2. The Morgan fingerprint density at radius 3 is 2.83 bits per heavy atom. The van der Waals surface area contributed by atoms with Crippen LogP contribution in [0, 0.1) is 6.92 Å². The van der Waals surface area contributed by atoms with E-state index >= 15 is 0 Å². The highest BCUT2D eigenvalue weighted by molar-refractivity contribution is 5.96. The van der Waals surface area contributed by atoms with Crippen LogP contribution in [0.5, 0.6) is 5.75 Å². The molecule has 1 heterocycles. The number of hydrogen-bond acceptors (Lipinski definition) is 6. The minimum atomic E-state index is -0.194. The predicted molar refractivity (Wildman–Crippen MR) is 87.7 cm³/mol. The van der Waals surface area contributed by atoms with E-state index in [9.17, 15) is 4.79 Å². The zero-order chi connectivity index (χ0) is 15.9. The molecule has 7 nitrogen and oxygen atoms in total. The highest BCUT2D eigenvalue weighted by atomic mass is 35.5. The lowest BCUT2D eigenvalue weighted by molar-refractivity contribution is 0.0948. The van der Waals surface area contributed by atoms with Gasteiger partial charge in [0.2, 0.25) is 11.7 Å². The Morgan fingerprint density at radius 1 is 1.43 bits per heavy atom. The van der Waals surface area contributed by atoms with E-state index in [1.165, 1.54) is 0 Å². The minimum absolute atomic E-state index is 0. The average molecular weight is 341 g/mol. The summed E-state index contributed by atoms with van der Waals surface area (Å²) in [5.74, 6) is 1.19. The smallest absolute Gasteiger partial charge is 0.255 e. The third-order valence-electron chi connectivity index (χ3n) is 2.94. The van der Waals surface area contributed by atoms with Crippen LogP contribution in [0.3, 0.4) is 0 Å². The largest absolute Gasteiger partial charge is 0.485 e. The van der Waals surface area contributed by atoms with E-state index in [0.717, 1.165) is 6.42 Å². The van der Waals surface area contributed by atoms with E-state index in [1.54, 1.807) is 31.2 Å². The standard InChI is InChI=1S/C15H20N4O3.ClH/c1-10(16)7-8-17-15(20)12-5-3-4-6-13(12)21-9-14-18-11(2)22-19-14;/h3-6,10H,7-9,16H2,1-2H3,(H,17,20);1H. The summed E-state index contributed by atoms with van der Waals surface area (Å²) < 4.78 is 10.5. The van der Waals surface area contributed by atoms with Gasteiger partial charge in [0.25, 0.3) is 5.91 Å². The molecule has 1 atom stereocenters. The fraction of sp³-hybridized carbons (Fsp3) is 0.400. The van der Waals surface area contributed by atoms with Crippen molar-refractivity contribution in [3.05, 3.63) is 41.5 Å². The Morgan fingerprint density at radius 2 is 2.17 bits per heavy atom. The van der Waals surface area contributed by atoms with Crippen molar-refractivity contribution in [1.82, 2.24) is 15.5 Å². The first-order valence-corrected chi connectivity index (χ1v) is 7.11. The molecular weight excluding hydrogens is 320 g/mol. The topological polar surface area (TPSA) is 103 Å². The fourth-order valence-corrected chi connectivity index (χ4v) is 1.83. The summed E-state index contributed by atoms with van der Waals surface area (Å²) in [6, 6.07) is 7.07. The number of amides is 1. The van der Waals surface area contributed by atoms with Crippen LogP contribution in [0.15, 0.2) is 28.8 Å². The van der Waals surface area contributed by atoms with Gasteiger partial charge in [0.1, 0.15) is 5.75 Å². The van der Waals surface area contributed by atoms with Crippen LogP contribution in [-0.2, 0) is 6.61 Å². The number of halogens is 1. The van der Waals surface area contributed by atoms with Gasteiger partial charge in [0.05, 0.1) is 5.56 Å². The molecule has 126 valence electrons. The Hall–Kier alpha value is -2.12. The van der Waals surface area contributed by atoms with Gasteiger partial charge in [-0.25, -0.2) is 0 Å². The summed E-state index contributed by atoms with van der Waals surface area (Å²) in [5.41, 5.74) is 6.13. The number of nitrogens with zero attached hydrogens (tertiary/aromatic N) is 2. The minimum Gasteiger partial charge on any atom is -0.485 e. The van der Waals surface area contributed by atoms with Gasteiger partial charge in [-0.3, -0.25) is 4.79 Å². The first-order valence-electron chi connectivity index (χ1n) is 7.11. The zero-order valence-electron chi connectivity index (χ0n) is 13.1. The van der Waals surface area contributed by atoms with Crippen molar-refractivity contribution in [2.24, 2.45) is 5.73 Å². The highest BCUT2D eigenvalue weighted by Crippen LogP contribution is 2.18. The molecule has 0 saturated heterocycles. The molecular formula is C15H21ClN4O3. The third kappa shape index (κ3) is 5.88. The summed E-state index contributed by atoms with van der Waals surface area (Å²) >= 11 is 0. The van der Waals surface area contributed by atoms with Crippen LogP contribution >= 0.6 is 12.4 Å². The number of para-hydroxylation sites is 1. The molecule has 1 amide bonds. The molecule has 0 aliphatic rings. The molecule has 23 heavy (non-hydrogen) atoms. The number of ether oxygens (including phenoxy) is 1. The molecule has 2 aromatic rings. The van der Waals surface area contributed by atoms with E-state index in [1.807, 2.05) is 6.92 Å². The zero-order valence-corrected chi connectivity index (χ0v) is 13.9. The number of carbonyl (C=O) groups excluding carboxylic acids is 1. The third-order valence-corrected chi connectivity index (χ3v) is 2.94. The molecule has 1 aromatic heterocycles. The first-order chi connectivity index (χ1) is 10.6. The van der Waals surface area contributed by atoms with Crippen LogP contribution in [-0.4, -0.2) is 28.6 Å². The van der Waals surface area contributed by atoms with Gasteiger partial charge < -0.3 is 20.3 Å². The van der Waals surface area contributed by atoms with Crippen molar-refractivity contribution in [3.8, 4) is 5.75 Å². The van der Waals surface area contributed by atoms with Gasteiger partial charge in [-0.2, -0.15) is 4.98 Å². The van der Waals surface area contributed by atoms with Gasteiger partial charge in [-0.1, -0.05) is 17.3 Å². The summed E-state index contributed by atoms with van der Waals surface area (Å²) in [7, 11) is 0. The molecule has 2 rings (SSSR count). The van der Waals surface area contributed by atoms with Gasteiger partial charge >= 0.3 is 0 Å². The summed E-state index contributed by atoms with van der Waals surface area (Å²) in [5, 5.41) is 6.57. The lowest BCUT2D eigenvalue weighted by Crippen LogP contribution is -2.29. The lowest BCUT2D eigenvalue weighted by atomic mass is 10.2. The number of carbonyl (C=O) groups is 1. The van der Waals surface area contributed by atoms with E-state index in [-0.39, 0.29) is 31.0 Å².